The molecule has 0 aliphatic carbocycles. The van der Waals surface area contributed by atoms with E-state index >= 15 is 0 Å². The van der Waals surface area contributed by atoms with Crippen molar-refractivity contribution >= 4 is 6.29 Å². The van der Waals surface area contributed by atoms with Gasteiger partial charge in [-0.25, -0.2) is 0 Å². The lowest BCUT2D eigenvalue weighted by Gasteiger charge is -2.26. The van der Waals surface area contributed by atoms with Crippen molar-refractivity contribution < 1.29 is 14.3 Å². The van der Waals surface area contributed by atoms with Gasteiger partial charge in [0.25, 0.3) is 0 Å². The van der Waals surface area contributed by atoms with Crippen molar-refractivity contribution in [2.45, 2.75) is 6.92 Å². The maximum absolute atomic E-state index is 10.9. The number of benzene rings is 1. The van der Waals surface area contributed by atoms with Gasteiger partial charge in [-0.05, 0) is 18.6 Å². The predicted octanol–water partition coefficient (Wildman–Crippen LogP) is 1.52. The van der Waals surface area contributed by atoms with E-state index < -0.39 is 0 Å². The number of rotatable bonds is 5. The Morgan fingerprint density at radius 2 is 2.17 bits per heavy atom. The molecule has 1 aromatic carbocycles. The summed E-state index contributed by atoms with van der Waals surface area (Å²) >= 11 is 0. The average Bonchev–Trinajstić information content (AvgIpc) is 2.41. The molecule has 1 heterocycles. The quantitative estimate of drug-likeness (QED) is 0.742. The summed E-state index contributed by atoms with van der Waals surface area (Å²) in [4.78, 5) is 13.2. The third-order valence-corrected chi connectivity index (χ3v) is 3.13. The van der Waals surface area contributed by atoms with Crippen LogP contribution in [0.15, 0.2) is 18.2 Å². The van der Waals surface area contributed by atoms with Crippen molar-refractivity contribution in [2.24, 2.45) is 0 Å². The molecule has 1 aliphatic rings. The van der Waals surface area contributed by atoms with Gasteiger partial charge in [0.05, 0.1) is 18.8 Å². The van der Waals surface area contributed by atoms with E-state index in [0.29, 0.717) is 17.9 Å². The first kappa shape index (κ1) is 13.1. The molecule has 2 rings (SSSR count). The van der Waals surface area contributed by atoms with Crippen LogP contribution in [0.2, 0.25) is 0 Å². The van der Waals surface area contributed by atoms with E-state index in [4.69, 9.17) is 9.47 Å². The van der Waals surface area contributed by atoms with Gasteiger partial charge in [-0.1, -0.05) is 12.1 Å². The first-order valence-electron chi connectivity index (χ1n) is 6.29. The number of aldehydes is 1. The SMILES string of the molecule is Cc1cccc(C=O)c1OCCN1CCOCC1. The second kappa shape index (κ2) is 6.52. The zero-order chi connectivity index (χ0) is 12.8. The molecular weight excluding hydrogens is 230 g/mol. The lowest BCUT2D eigenvalue weighted by Crippen LogP contribution is -2.38. The monoisotopic (exact) mass is 249 g/mol. The normalized spacial score (nSPS) is 16.5. The molecule has 0 atom stereocenters. The predicted molar refractivity (Wildman–Crippen MR) is 69.3 cm³/mol. The third-order valence-electron chi connectivity index (χ3n) is 3.13. The Balaban J connectivity index is 1.87. The van der Waals surface area contributed by atoms with Crippen LogP contribution in [0, 0.1) is 6.92 Å². The molecule has 98 valence electrons. The van der Waals surface area contributed by atoms with Crippen LogP contribution in [0.5, 0.6) is 5.75 Å². The standard InChI is InChI=1S/C14H19NO3/c1-12-3-2-4-13(11-16)14(12)18-10-7-15-5-8-17-9-6-15/h2-4,11H,5-10H2,1H3. The Hall–Kier alpha value is -1.39. The fraction of sp³-hybridized carbons (Fsp3) is 0.500. The zero-order valence-electron chi connectivity index (χ0n) is 10.7. The van der Waals surface area contributed by atoms with E-state index in [1.807, 2.05) is 19.1 Å². The molecular formula is C14H19NO3. The lowest BCUT2D eigenvalue weighted by molar-refractivity contribution is 0.0322. The Morgan fingerprint density at radius 1 is 1.39 bits per heavy atom. The summed E-state index contributed by atoms with van der Waals surface area (Å²) in [6.07, 6.45) is 0.844. The minimum Gasteiger partial charge on any atom is -0.491 e. The van der Waals surface area contributed by atoms with Gasteiger partial charge in [-0.15, -0.1) is 0 Å². The zero-order valence-corrected chi connectivity index (χ0v) is 10.7. The number of hydrogen-bond donors (Lipinski definition) is 0. The van der Waals surface area contributed by atoms with Gasteiger partial charge in [-0.3, -0.25) is 9.69 Å². The average molecular weight is 249 g/mol. The molecule has 0 aromatic heterocycles. The van der Waals surface area contributed by atoms with Crippen LogP contribution < -0.4 is 4.74 Å². The molecule has 0 spiro atoms. The maximum atomic E-state index is 10.9. The summed E-state index contributed by atoms with van der Waals surface area (Å²) in [5.74, 6) is 0.709. The van der Waals surface area contributed by atoms with E-state index in [0.717, 1.165) is 44.7 Å². The molecule has 18 heavy (non-hydrogen) atoms. The minimum atomic E-state index is 0.603. The van der Waals surface area contributed by atoms with Crippen molar-refractivity contribution in [1.82, 2.24) is 4.90 Å². The fourth-order valence-corrected chi connectivity index (χ4v) is 2.07. The van der Waals surface area contributed by atoms with Crippen molar-refractivity contribution in [3.05, 3.63) is 29.3 Å². The largest absolute Gasteiger partial charge is 0.491 e. The lowest BCUT2D eigenvalue weighted by atomic mass is 10.1. The van der Waals surface area contributed by atoms with Gasteiger partial charge < -0.3 is 9.47 Å². The second-order valence-corrected chi connectivity index (χ2v) is 4.41. The number of morpholine rings is 1. The Morgan fingerprint density at radius 3 is 2.89 bits per heavy atom. The van der Waals surface area contributed by atoms with Crippen molar-refractivity contribution in [1.29, 1.82) is 0 Å². The summed E-state index contributed by atoms with van der Waals surface area (Å²) in [5, 5.41) is 0. The maximum Gasteiger partial charge on any atom is 0.153 e. The topological polar surface area (TPSA) is 38.8 Å². The van der Waals surface area contributed by atoms with Crippen LogP contribution in [0.4, 0.5) is 0 Å². The van der Waals surface area contributed by atoms with Crippen LogP contribution in [0.3, 0.4) is 0 Å². The molecule has 0 saturated carbocycles. The van der Waals surface area contributed by atoms with Crippen LogP contribution >= 0.6 is 0 Å². The highest BCUT2D eigenvalue weighted by Gasteiger charge is 2.11. The third kappa shape index (κ3) is 3.31. The van der Waals surface area contributed by atoms with Crippen molar-refractivity contribution in [3.8, 4) is 5.75 Å². The van der Waals surface area contributed by atoms with Gasteiger partial charge in [-0.2, -0.15) is 0 Å². The van der Waals surface area contributed by atoms with Gasteiger partial charge in [0.2, 0.25) is 0 Å². The molecule has 1 aliphatic heterocycles. The number of carbonyl (C=O) groups is 1. The number of nitrogens with zero attached hydrogens (tertiary/aromatic N) is 1. The Kier molecular flexibility index (Phi) is 4.73. The summed E-state index contributed by atoms with van der Waals surface area (Å²) in [6.45, 7) is 6.93. The Bertz CT molecular complexity index is 400. The van der Waals surface area contributed by atoms with Crippen LogP contribution in [-0.2, 0) is 4.74 Å². The van der Waals surface area contributed by atoms with E-state index in [2.05, 4.69) is 4.90 Å². The van der Waals surface area contributed by atoms with Gasteiger partial charge >= 0.3 is 0 Å². The van der Waals surface area contributed by atoms with Gasteiger partial charge in [0.15, 0.2) is 6.29 Å². The molecule has 4 nitrogen and oxygen atoms in total. The van der Waals surface area contributed by atoms with Crippen molar-refractivity contribution in [3.63, 3.8) is 0 Å². The summed E-state index contributed by atoms with van der Waals surface area (Å²) < 4.78 is 11.0. The molecule has 0 bridgehead atoms. The molecule has 0 radical (unpaired) electrons. The molecule has 1 aromatic rings. The summed E-state index contributed by atoms with van der Waals surface area (Å²) in [5.41, 5.74) is 1.62. The molecule has 0 amide bonds. The van der Waals surface area contributed by atoms with Crippen LogP contribution in [0.25, 0.3) is 0 Å². The molecule has 1 saturated heterocycles. The Labute approximate surface area is 107 Å². The highest BCUT2D eigenvalue weighted by atomic mass is 16.5. The van der Waals surface area contributed by atoms with E-state index in [9.17, 15) is 4.79 Å². The van der Waals surface area contributed by atoms with E-state index in [1.54, 1.807) is 6.07 Å². The molecule has 0 N–H and O–H groups in total. The smallest absolute Gasteiger partial charge is 0.153 e. The number of hydrogen-bond acceptors (Lipinski definition) is 4. The van der Waals surface area contributed by atoms with E-state index in [-0.39, 0.29) is 0 Å². The minimum absolute atomic E-state index is 0.603. The summed E-state index contributed by atoms with van der Waals surface area (Å²) in [6, 6.07) is 5.61. The van der Waals surface area contributed by atoms with Crippen LogP contribution in [-0.4, -0.2) is 50.6 Å². The van der Waals surface area contributed by atoms with Crippen LogP contribution in [0.1, 0.15) is 15.9 Å². The second-order valence-electron chi connectivity index (χ2n) is 4.41. The number of carbonyl (C=O) groups excluding carboxylic acids is 1. The number of aryl methyl sites for hydroxylation is 1. The first-order chi connectivity index (χ1) is 8.81. The molecule has 4 heteroatoms. The van der Waals surface area contributed by atoms with E-state index in [1.165, 1.54) is 0 Å². The number of ether oxygens (including phenoxy) is 2. The van der Waals surface area contributed by atoms with Gasteiger partial charge in [0, 0.05) is 19.6 Å². The molecule has 1 fully saturated rings. The van der Waals surface area contributed by atoms with Crippen molar-refractivity contribution in [2.75, 3.05) is 39.5 Å². The highest BCUT2D eigenvalue weighted by Crippen LogP contribution is 2.21. The summed E-state index contributed by atoms with van der Waals surface area (Å²) in [7, 11) is 0. The highest BCUT2D eigenvalue weighted by molar-refractivity contribution is 5.80. The fourth-order valence-electron chi connectivity index (χ4n) is 2.07. The van der Waals surface area contributed by atoms with Gasteiger partial charge in [0.1, 0.15) is 12.4 Å². The first-order valence-corrected chi connectivity index (χ1v) is 6.29. The molecule has 0 unspecified atom stereocenters. The number of para-hydroxylation sites is 1.